The summed E-state index contributed by atoms with van der Waals surface area (Å²) in [5.41, 5.74) is 3.90. The minimum atomic E-state index is -0.0378. The Balaban J connectivity index is 2.24. The van der Waals surface area contributed by atoms with Crippen molar-refractivity contribution in [3.05, 3.63) is 48.2 Å². The lowest BCUT2D eigenvalue weighted by Crippen LogP contribution is -2.30. The summed E-state index contributed by atoms with van der Waals surface area (Å²) in [6.45, 7) is 8.62. The topological polar surface area (TPSA) is 49.6 Å². The summed E-state index contributed by atoms with van der Waals surface area (Å²) in [4.78, 5) is 4.81. The summed E-state index contributed by atoms with van der Waals surface area (Å²) in [6.07, 6.45) is 1.00. The van der Waals surface area contributed by atoms with Crippen LogP contribution < -0.4 is 5.32 Å². The number of nitrogens with one attached hydrogen (secondary N) is 1. The molecule has 0 saturated carbocycles. The van der Waals surface area contributed by atoms with Crippen LogP contribution in [-0.4, -0.2) is 20.0 Å². The molecule has 0 unspecified atom stereocenters. The largest absolute Gasteiger partial charge is 0.508 e. The molecule has 0 spiro atoms. The molecule has 4 heteroatoms. The van der Waals surface area contributed by atoms with Gasteiger partial charge in [-0.1, -0.05) is 13.0 Å². The van der Waals surface area contributed by atoms with Crippen LogP contribution in [0.25, 0.3) is 16.9 Å². The SMILES string of the molecule is CCC(C)(C)Nc1c(-c2ccc(O)cc2)nc2cccc(C)n12. The average Bonchev–Trinajstić information content (AvgIpc) is 2.87. The zero-order valence-electron chi connectivity index (χ0n) is 14.1. The van der Waals surface area contributed by atoms with E-state index in [-0.39, 0.29) is 11.3 Å². The third-order valence-corrected chi connectivity index (χ3v) is 4.32. The number of fused-ring (bicyclic) bond motifs is 1. The fourth-order valence-electron chi connectivity index (χ4n) is 2.60. The van der Waals surface area contributed by atoms with Crippen molar-refractivity contribution in [1.29, 1.82) is 0 Å². The molecule has 2 aromatic heterocycles. The highest BCUT2D eigenvalue weighted by molar-refractivity contribution is 5.77. The number of aromatic hydroxyl groups is 1. The molecule has 3 rings (SSSR count). The second-order valence-electron chi connectivity index (χ2n) is 6.58. The molecule has 0 aliphatic rings. The first-order valence-electron chi connectivity index (χ1n) is 7.97. The van der Waals surface area contributed by atoms with Gasteiger partial charge in [0.2, 0.25) is 0 Å². The number of hydrogen-bond donors (Lipinski definition) is 2. The molecule has 0 bridgehead atoms. The molecule has 0 saturated heterocycles. The maximum absolute atomic E-state index is 9.54. The smallest absolute Gasteiger partial charge is 0.139 e. The second-order valence-corrected chi connectivity index (χ2v) is 6.58. The van der Waals surface area contributed by atoms with Gasteiger partial charge in [-0.3, -0.25) is 4.40 Å². The molecule has 0 fully saturated rings. The Morgan fingerprint density at radius 1 is 1.13 bits per heavy atom. The van der Waals surface area contributed by atoms with Crippen molar-refractivity contribution in [2.45, 2.75) is 39.7 Å². The van der Waals surface area contributed by atoms with Gasteiger partial charge in [0.05, 0.1) is 0 Å². The lowest BCUT2D eigenvalue weighted by molar-refractivity contribution is 0.475. The first-order chi connectivity index (χ1) is 10.9. The van der Waals surface area contributed by atoms with Crippen molar-refractivity contribution < 1.29 is 5.11 Å². The van der Waals surface area contributed by atoms with Gasteiger partial charge in [-0.05, 0) is 63.6 Å². The summed E-state index contributed by atoms with van der Waals surface area (Å²) in [7, 11) is 0. The van der Waals surface area contributed by atoms with Gasteiger partial charge in [-0.25, -0.2) is 4.98 Å². The number of phenols is 1. The normalized spacial score (nSPS) is 11.8. The van der Waals surface area contributed by atoms with Crippen LogP contribution in [0, 0.1) is 6.92 Å². The van der Waals surface area contributed by atoms with Gasteiger partial charge in [-0.2, -0.15) is 0 Å². The van der Waals surface area contributed by atoms with Gasteiger partial charge in [-0.15, -0.1) is 0 Å². The molecule has 4 nitrogen and oxygen atoms in total. The van der Waals surface area contributed by atoms with Crippen molar-refractivity contribution in [1.82, 2.24) is 9.38 Å². The third kappa shape index (κ3) is 2.89. The number of benzene rings is 1. The van der Waals surface area contributed by atoms with Crippen LogP contribution in [0.4, 0.5) is 5.82 Å². The van der Waals surface area contributed by atoms with E-state index in [1.807, 2.05) is 24.3 Å². The number of aryl methyl sites for hydroxylation is 1. The molecule has 2 N–H and O–H groups in total. The molecule has 120 valence electrons. The molecule has 0 radical (unpaired) electrons. The van der Waals surface area contributed by atoms with E-state index in [2.05, 4.69) is 43.5 Å². The fraction of sp³-hybridized carbons (Fsp3) is 0.316. The molecule has 0 amide bonds. The quantitative estimate of drug-likeness (QED) is 0.739. The van der Waals surface area contributed by atoms with Gasteiger partial charge >= 0.3 is 0 Å². The van der Waals surface area contributed by atoms with Crippen molar-refractivity contribution >= 4 is 11.5 Å². The molecule has 2 heterocycles. The number of imidazole rings is 1. The van der Waals surface area contributed by atoms with Crippen LogP contribution in [0.3, 0.4) is 0 Å². The average molecular weight is 309 g/mol. The van der Waals surface area contributed by atoms with Crippen molar-refractivity contribution in [3.8, 4) is 17.0 Å². The standard InChI is InChI=1S/C19H23N3O/c1-5-19(3,4)21-18-17(14-9-11-15(23)12-10-14)20-16-8-6-7-13(2)22(16)18/h6-12,21,23H,5H2,1-4H3. The highest BCUT2D eigenvalue weighted by Gasteiger charge is 2.22. The Hall–Kier alpha value is -2.49. The number of pyridine rings is 1. The van der Waals surface area contributed by atoms with Crippen molar-refractivity contribution in [2.75, 3.05) is 5.32 Å². The number of aromatic nitrogens is 2. The van der Waals surface area contributed by atoms with E-state index in [0.29, 0.717) is 0 Å². The van der Waals surface area contributed by atoms with E-state index in [1.165, 1.54) is 0 Å². The third-order valence-electron chi connectivity index (χ3n) is 4.32. The van der Waals surface area contributed by atoms with Gasteiger partial charge < -0.3 is 10.4 Å². The summed E-state index contributed by atoms with van der Waals surface area (Å²) < 4.78 is 2.15. The van der Waals surface area contributed by atoms with E-state index < -0.39 is 0 Å². The van der Waals surface area contributed by atoms with E-state index in [0.717, 1.165) is 34.8 Å². The summed E-state index contributed by atoms with van der Waals surface area (Å²) in [5.74, 6) is 1.26. The van der Waals surface area contributed by atoms with Crippen LogP contribution in [0.5, 0.6) is 5.75 Å². The zero-order valence-corrected chi connectivity index (χ0v) is 14.1. The molecule has 0 aliphatic carbocycles. The monoisotopic (exact) mass is 309 g/mol. The molecule has 1 aromatic carbocycles. The second kappa shape index (κ2) is 5.61. The number of nitrogens with zero attached hydrogens (tertiary/aromatic N) is 2. The first kappa shape index (κ1) is 15.4. The Labute approximate surface area is 136 Å². The van der Waals surface area contributed by atoms with Crippen molar-refractivity contribution in [3.63, 3.8) is 0 Å². The zero-order chi connectivity index (χ0) is 16.6. The predicted molar refractivity (Wildman–Crippen MR) is 95.0 cm³/mol. The number of anilines is 1. The molecule has 0 aliphatic heterocycles. The van der Waals surface area contributed by atoms with E-state index in [9.17, 15) is 5.11 Å². The highest BCUT2D eigenvalue weighted by atomic mass is 16.3. The van der Waals surface area contributed by atoms with Gasteiger partial charge in [0.25, 0.3) is 0 Å². The maximum atomic E-state index is 9.54. The van der Waals surface area contributed by atoms with Crippen molar-refractivity contribution in [2.24, 2.45) is 0 Å². The van der Waals surface area contributed by atoms with Crippen LogP contribution in [0.2, 0.25) is 0 Å². The lowest BCUT2D eigenvalue weighted by atomic mass is 10.0. The molecule has 3 aromatic rings. The maximum Gasteiger partial charge on any atom is 0.139 e. The minimum Gasteiger partial charge on any atom is -0.508 e. The lowest BCUT2D eigenvalue weighted by Gasteiger charge is -2.26. The van der Waals surface area contributed by atoms with E-state index in [4.69, 9.17) is 4.98 Å². The molecule has 0 atom stereocenters. The van der Waals surface area contributed by atoms with Crippen LogP contribution in [-0.2, 0) is 0 Å². The summed E-state index contributed by atoms with van der Waals surface area (Å²) >= 11 is 0. The van der Waals surface area contributed by atoms with Crippen LogP contribution >= 0.6 is 0 Å². The minimum absolute atomic E-state index is 0.0378. The van der Waals surface area contributed by atoms with E-state index >= 15 is 0 Å². The molecule has 23 heavy (non-hydrogen) atoms. The Bertz CT molecular complexity index is 832. The predicted octanol–water partition coefficient (Wildman–Crippen LogP) is 4.62. The van der Waals surface area contributed by atoms with E-state index in [1.54, 1.807) is 12.1 Å². The Kier molecular flexibility index (Phi) is 3.76. The molecular formula is C19H23N3O. The van der Waals surface area contributed by atoms with Gasteiger partial charge in [0, 0.05) is 16.8 Å². The van der Waals surface area contributed by atoms with Gasteiger partial charge in [0.1, 0.15) is 22.9 Å². The number of rotatable bonds is 4. The van der Waals surface area contributed by atoms with Crippen LogP contribution in [0.1, 0.15) is 32.9 Å². The summed E-state index contributed by atoms with van der Waals surface area (Å²) in [6, 6.07) is 13.3. The summed E-state index contributed by atoms with van der Waals surface area (Å²) in [5, 5.41) is 13.2. The van der Waals surface area contributed by atoms with Crippen LogP contribution in [0.15, 0.2) is 42.5 Å². The fourth-order valence-corrected chi connectivity index (χ4v) is 2.60. The number of hydrogen-bond acceptors (Lipinski definition) is 3. The van der Waals surface area contributed by atoms with Gasteiger partial charge in [0.15, 0.2) is 0 Å². The Morgan fingerprint density at radius 3 is 2.48 bits per heavy atom. The highest BCUT2D eigenvalue weighted by Crippen LogP contribution is 2.33. The number of phenolic OH excluding ortho intramolecular Hbond substituents is 1. The molecular weight excluding hydrogens is 286 g/mol. The Morgan fingerprint density at radius 2 is 1.83 bits per heavy atom. The first-order valence-corrected chi connectivity index (χ1v) is 7.97.